The van der Waals surface area contributed by atoms with E-state index in [0.29, 0.717) is 58.3 Å². The molecule has 9 nitrogen and oxygen atoms in total. The fourth-order valence-corrected chi connectivity index (χ4v) is 6.95. The molecule has 1 N–H and O–H groups in total. The Bertz CT molecular complexity index is 1860. The van der Waals surface area contributed by atoms with Gasteiger partial charge in [-0.25, -0.2) is 21.6 Å². The smallest absolute Gasteiger partial charge is 0.259 e. The molecular weight excluding hydrogens is 557 g/mol. The van der Waals surface area contributed by atoms with Gasteiger partial charge in [0.2, 0.25) is 10.0 Å². The Morgan fingerprint density at radius 2 is 1.90 bits per heavy atom. The van der Waals surface area contributed by atoms with Crippen molar-refractivity contribution >= 4 is 38.2 Å². The lowest BCUT2D eigenvalue weighted by molar-refractivity contribution is 0.132. The van der Waals surface area contributed by atoms with Crippen LogP contribution in [-0.2, 0) is 21.4 Å². The predicted octanol–water partition coefficient (Wildman–Crippen LogP) is 4.24. The lowest BCUT2D eigenvalue weighted by Gasteiger charge is -2.26. The highest BCUT2D eigenvalue weighted by Gasteiger charge is 2.62. The van der Waals surface area contributed by atoms with Gasteiger partial charge in [0.15, 0.2) is 0 Å². The third-order valence-corrected chi connectivity index (χ3v) is 9.88. The van der Waals surface area contributed by atoms with Gasteiger partial charge in [0.1, 0.15) is 22.2 Å². The third-order valence-electron chi connectivity index (χ3n) is 7.45. The third kappa shape index (κ3) is 4.60. The standard InChI is InChI=1S/C28H27F3N6O3S/c1-17-33-34-26-32-24(23-20(29)7-5-9-22(23)37(17)26)36-14-15-40-16-19-18(6-4-8-21(19)36)10-11-27(2,3)35-41(38,39)28(12-13-28)25(30)31/h4-9,25,35H,12-16H2,1-3H3. The van der Waals surface area contributed by atoms with Gasteiger partial charge >= 0.3 is 0 Å². The van der Waals surface area contributed by atoms with Crippen LogP contribution in [0.3, 0.4) is 0 Å². The summed E-state index contributed by atoms with van der Waals surface area (Å²) in [7, 11) is -4.31. The minimum absolute atomic E-state index is 0.0909. The highest BCUT2D eigenvalue weighted by molar-refractivity contribution is 7.91. The Hall–Kier alpha value is -3.73. The van der Waals surface area contributed by atoms with Gasteiger partial charge in [-0.05, 0) is 57.9 Å². The van der Waals surface area contributed by atoms with Crippen LogP contribution >= 0.6 is 0 Å². The van der Waals surface area contributed by atoms with Crippen molar-refractivity contribution in [3.63, 3.8) is 0 Å². The van der Waals surface area contributed by atoms with Crippen LogP contribution in [0.25, 0.3) is 16.7 Å². The van der Waals surface area contributed by atoms with Crippen molar-refractivity contribution in [3.8, 4) is 11.8 Å². The quantitative estimate of drug-likeness (QED) is 0.350. The van der Waals surface area contributed by atoms with Crippen LogP contribution < -0.4 is 9.62 Å². The minimum atomic E-state index is -4.31. The molecule has 41 heavy (non-hydrogen) atoms. The van der Waals surface area contributed by atoms with Crippen molar-refractivity contribution in [1.82, 2.24) is 24.3 Å². The number of rotatable bonds is 5. The van der Waals surface area contributed by atoms with E-state index in [0.717, 1.165) is 0 Å². The molecule has 0 atom stereocenters. The van der Waals surface area contributed by atoms with Gasteiger partial charge in [-0.15, -0.1) is 10.2 Å². The molecule has 6 rings (SSSR count). The zero-order valence-electron chi connectivity index (χ0n) is 22.6. The van der Waals surface area contributed by atoms with E-state index < -0.39 is 32.6 Å². The molecule has 0 unspecified atom stereocenters. The van der Waals surface area contributed by atoms with Crippen LogP contribution in [0.1, 0.15) is 43.6 Å². The summed E-state index contributed by atoms with van der Waals surface area (Å²) in [4.78, 5) is 6.55. The summed E-state index contributed by atoms with van der Waals surface area (Å²) in [5.41, 5.74) is 1.20. The highest BCUT2D eigenvalue weighted by atomic mass is 32.2. The van der Waals surface area contributed by atoms with Crippen LogP contribution in [0.2, 0.25) is 0 Å². The second-order valence-corrected chi connectivity index (χ2v) is 12.8. The summed E-state index contributed by atoms with van der Waals surface area (Å²) in [6, 6.07) is 10.2. The Kier molecular flexibility index (Phi) is 6.48. The summed E-state index contributed by atoms with van der Waals surface area (Å²) >= 11 is 0. The minimum Gasteiger partial charge on any atom is -0.375 e. The van der Waals surface area contributed by atoms with Crippen molar-refractivity contribution < 1.29 is 26.3 Å². The number of fused-ring (bicyclic) bond motifs is 4. The van der Waals surface area contributed by atoms with Gasteiger partial charge < -0.3 is 9.64 Å². The average Bonchev–Trinajstić information content (AvgIpc) is 3.69. The number of aryl methyl sites for hydroxylation is 1. The molecule has 13 heteroatoms. The van der Waals surface area contributed by atoms with E-state index in [4.69, 9.17) is 9.72 Å². The molecule has 3 heterocycles. The van der Waals surface area contributed by atoms with Gasteiger partial charge in [0, 0.05) is 23.4 Å². The lowest BCUT2D eigenvalue weighted by Crippen LogP contribution is -2.49. The number of ether oxygens (including phenoxy) is 1. The first-order valence-corrected chi connectivity index (χ1v) is 14.5. The molecule has 2 aromatic heterocycles. The van der Waals surface area contributed by atoms with Crippen LogP contribution in [0.5, 0.6) is 0 Å². The summed E-state index contributed by atoms with van der Waals surface area (Å²) in [6.07, 6.45) is -3.16. The lowest BCUT2D eigenvalue weighted by atomic mass is 10.0. The van der Waals surface area contributed by atoms with E-state index in [1.807, 2.05) is 11.0 Å². The zero-order chi connectivity index (χ0) is 29.2. The summed E-state index contributed by atoms with van der Waals surface area (Å²) in [5, 5.41) is 8.58. The summed E-state index contributed by atoms with van der Waals surface area (Å²) < 4.78 is 75.8. The number of hydrogen-bond donors (Lipinski definition) is 1. The van der Waals surface area contributed by atoms with Gasteiger partial charge in [-0.3, -0.25) is 4.40 Å². The SMILES string of the molecule is Cc1nnc2nc(N3CCOCc4c(C#CC(C)(C)NS(=O)(=O)C5(C(F)F)CC5)cccc43)c3c(F)cccc3n12. The van der Waals surface area contributed by atoms with Crippen molar-refractivity contribution in [1.29, 1.82) is 0 Å². The normalized spacial score (nSPS) is 16.9. The predicted molar refractivity (Wildman–Crippen MR) is 147 cm³/mol. The van der Waals surface area contributed by atoms with E-state index in [9.17, 15) is 17.2 Å². The van der Waals surface area contributed by atoms with Crippen molar-refractivity contribution in [2.75, 3.05) is 18.1 Å². The molecule has 0 saturated heterocycles. The molecule has 0 amide bonds. The number of hydrogen-bond acceptors (Lipinski definition) is 7. The molecule has 1 saturated carbocycles. The maximum Gasteiger partial charge on any atom is 0.259 e. The van der Waals surface area contributed by atoms with Crippen molar-refractivity contribution in [3.05, 3.63) is 59.2 Å². The topological polar surface area (TPSA) is 102 Å². The average molecular weight is 585 g/mol. The summed E-state index contributed by atoms with van der Waals surface area (Å²) in [6.45, 7) is 5.70. The molecule has 1 aliphatic heterocycles. The van der Waals surface area contributed by atoms with Crippen molar-refractivity contribution in [2.45, 2.75) is 56.9 Å². The number of nitrogens with zero attached hydrogens (tertiary/aromatic N) is 5. The molecule has 2 aromatic carbocycles. The Labute approximate surface area is 234 Å². The highest BCUT2D eigenvalue weighted by Crippen LogP contribution is 2.48. The van der Waals surface area contributed by atoms with Crippen LogP contribution in [0.15, 0.2) is 36.4 Å². The first-order valence-electron chi connectivity index (χ1n) is 13.1. The van der Waals surface area contributed by atoms with E-state index >= 15 is 4.39 Å². The Morgan fingerprint density at radius 3 is 2.63 bits per heavy atom. The molecule has 1 aliphatic carbocycles. The molecule has 0 bridgehead atoms. The second-order valence-electron chi connectivity index (χ2n) is 10.8. The molecule has 4 aromatic rings. The Morgan fingerprint density at radius 1 is 1.15 bits per heavy atom. The number of nitrogens with one attached hydrogen (secondary N) is 1. The molecule has 0 radical (unpaired) electrons. The number of halogens is 3. The van der Waals surface area contributed by atoms with Gasteiger partial charge in [-0.2, -0.15) is 9.71 Å². The van der Waals surface area contributed by atoms with Crippen LogP contribution in [0, 0.1) is 24.6 Å². The monoisotopic (exact) mass is 584 g/mol. The first kappa shape index (κ1) is 27.4. The maximum absolute atomic E-state index is 15.4. The number of benzene rings is 2. The van der Waals surface area contributed by atoms with Gasteiger partial charge in [0.25, 0.3) is 12.2 Å². The van der Waals surface area contributed by atoms with E-state index in [2.05, 4.69) is 26.8 Å². The Balaban J connectivity index is 1.42. The number of sulfonamides is 1. The second kappa shape index (κ2) is 9.68. The molecule has 214 valence electrons. The number of aromatic nitrogens is 4. The summed E-state index contributed by atoms with van der Waals surface area (Å²) in [5.74, 6) is 6.73. The van der Waals surface area contributed by atoms with Crippen LogP contribution in [-0.4, -0.2) is 57.9 Å². The largest absolute Gasteiger partial charge is 0.375 e. The first-order chi connectivity index (χ1) is 19.4. The molecule has 1 fully saturated rings. The van der Waals surface area contributed by atoms with E-state index in [-0.39, 0.29) is 19.4 Å². The molecular formula is C28H27F3N6O3S. The van der Waals surface area contributed by atoms with E-state index in [1.165, 1.54) is 19.9 Å². The number of anilines is 2. The van der Waals surface area contributed by atoms with Crippen molar-refractivity contribution in [2.24, 2.45) is 0 Å². The fourth-order valence-electron chi connectivity index (χ4n) is 5.15. The number of alkyl halides is 2. The molecule has 0 spiro atoms. The van der Waals surface area contributed by atoms with Gasteiger partial charge in [0.05, 0.1) is 29.7 Å². The maximum atomic E-state index is 15.4. The molecule has 2 aliphatic rings. The van der Waals surface area contributed by atoms with Gasteiger partial charge in [-0.1, -0.05) is 24.0 Å². The van der Waals surface area contributed by atoms with E-state index in [1.54, 1.807) is 35.6 Å². The zero-order valence-corrected chi connectivity index (χ0v) is 23.4. The fraction of sp³-hybridized carbons (Fsp3) is 0.393. The van der Waals surface area contributed by atoms with Crippen LogP contribution in [0.4, 0.5) is 24.7 Å².